The first-order chi connectivity index (χ1) is 15.3. The molecule has 0 atom stereocenters. The van der Waals surface area contributed by atoms with Gasteiger partial charge in [-0.3, -0.25) is 9.97 Å². The number of pyridine rings is 2. The first kappa shape index (κ1) is 20.2. The zero-order chi connectivity index (χ0) is 21.0. The summed E-state index contributed by atoms with van der Waals surface area (Å²) in [4.78, 5) is 19.7. The molecule has 31 heavy (non-hydrogen) atoms. The largest absolute Gasteiger partial charge is 0.378 e. The van der Waals surface area contributed by atoms with Gasteiger partial charge in [0.1, 0.15) is 5.69 Å². The lowest BCUT2D eigenvalue weighted by molar-refractivity contribution is 0.122. The molecule has 4 heterocycles. The molecule has 2 N–H and O–H groups in total. The number of rotatable bonds is 6. The van der Waals surface area contributed by atoms with Crippen LogP contribution in [0.4, 0.5) is 5.69 Å². The Labute approximate surface area is 183 Å². The number of nitrogens with one attached hydrogen (secondary N) is 2. The van der Waals surface area contributed by atoms with Crippen LogP contribution >= 0.6 is 0 Å². The summed E-state index contributed by atoms with van der Waals surface area (Å²) in [5, 5.41) is 3.65. The van der Waals surface area contributed by atoms with E-state index in [-0.39, 0.29) is 0 Å². The van der Waals surface area contributed by atoms with E-state index in [9.17, 15) is 0 Å². The molecule has 2 aliphatic rings. The van der Waals surface area contributed by atoms with Crippen molar-refractivity contribution in [2.24, 2.45) is 0 Å². The van der Waals surface area contributed by atoms with E-state index >= 15 is 0 Å². The van der Waals surface area contributed by atoms with Crippen molar-refractivity contribution in [1.82, 2.24) is 25.3 Å². The molecule has 0 bridgehead atoms. The molecule has 1 aliphatic carbocycles. The fourth-order valence-corrected chi connectivity index (χ4v) is 4.48. The normalized spacial score (nSPS) is 17.4. The number of nitrogens with zero attached hydrogens (tertiary/aromatic N) is 4. The topological polar surface area (TPSA) is 79.0 Å². The van der Waals surface area contributed by atoms with Crippen LogP contribution in [0.3, 0.4) is 0 Å². The minimum atomic E-state index is 0.632. The van der Waals surface area contributed by atoms with Gasteiger partial charge in [-0.15, -0.1) is 0 Å². The zero-order valence-corrected chi connectivity index (χ0v) is 18.1. The third-order valence-electron chi connectivity index (χ3n) is 6.33. The van der Waals surface area contributed by atoms with Gasteiger partial charge in [-0.1, -0.05) is 12.8 Å². The lowest BCUT2D eigenvalue weighted by Crippen LogP contribution is -2.36. The highest BCUT2D eigenvalue weighted by Crippen LogP contribution is 2.27. The Morgan fingerprint density at radius 3 is 2.81 bits per heavy atom. The quantitative estimate of drug-likeness (QED) is 0.635. The Balaban J connectivity index is 1.35. The second kappa shape index (κ2) is 9.16. The Morgan fingerprint density at radius 2 is 1.97 bits per heavy atom. The maximum atomic E-state index is 5.47. The van der Waals surface area contributed by atoms with Gasteiger partial charge in [0.15, 0.2) is 5.82 Å². The average Bonchev–Trinajstić information content (AvgIpc) is 3.48. The first-order valence-corrected chi connectivity index (χ1v) is 11.3. The summed E-state index contributed by atoms with van der Waals surface area (Å²) in [5.74, 6) is 0.819. The second-order valence-corrected chi connectivity index (χ2v) is 8.48. The van der Waals surface area contributed by atoms with Crippen molar-refractivity contribution < 1.29 is 4.74 Å². The Hall–Kier alpha value is -2.77. The molecule has 0 radical (unpaired) electrons. The van der Waals surface area contributed by atoms with Crippen LogP contribution in [-0.2, 0) is 11.3 Å². The summed E-state index contributed by atoms with van der Waals surface area (Å²) in [6.07, 6.45) is 10.9. The minimum absolute atomic E-state index is 0.632. The van der Waals surface area contributed by atoms with Crippen LogP contribution in [-0.4, -0.2) is 52.3 Å². The number of aryl methyl sites for hydroxylation is 1. The summed E-state index contributed by atoms with van der Waals surface area (Å²) >= 11 is 0. The van der Waals surface area contributed by atoms with E-state index in [2.05, 4.69) is 44.2 Å². The van der Waals surface area contributed by atoms with Gasteiger partial charge in [-0.05, 0) is 43.5 Å². The van der Waals surface area contributed by atoms with Crippen molar-refractivity contribution in [2.45, 2.75) is 45.2 Å². The van der Waals surface area contributed by atoms with Gasteiger partial charge in [0.05, 0.1) is 30.8 Å². The van der Waals surface area contributed by atoms with Crippen LogP contribution in [0.5, 0.6) is 0 Å². The van der Waals surface area contributed by atoms with Crippen LogP contribution in [0.1, 0.15) is 37.1 Å². The number of imidazole rings is 1. The molecule has 3 aromatic heterocycles. The molecule has 0 spiro atoms. The Kier molecular flexibility index (Phi) is 5.95. The highest BCUT2D eigenvalue weighted by Gasteiger charge is 2.17. The monoisotopic (exact) mass is 418 g/mol. The van der Waals surface area contributed by atoms with Crippen LogP contribution in [0.25, 0.3) is 22.6 Å². The van der Waals surface area contributed by atoms with Gasteiger partial charge in [-0.25, -0.2) is 4.98 Å². The molecule has 0 unspecified atom stereocenters. The smallest absolute Gasteiger partial charge is 0.156 e. The number of morpholine rings is 1. The van der Waals surface area contributed by atoms with Gasteiger partial charge in [0.2, 0.25) is 0 Å². The molecule has 1 saturated carbocycles. The van der Waals surface area contributed by atoms with Gasteiger partial charge in [0.25, 0.3) is 0 Å². The molecular weight excluding hydrogens is 388 g/mol. The van der Waals surface area contributed by atoms with Crippen molar-refractivity contribution in [3.8, 4) is 22.6 Å². The summed E-state index contributed by atoms with van der Waals surface area (Å²) in [6, 6.07) is 6.95. The van der Waals surface area contributed by atoms with Crippen molar-refractivity contribution >= 4 is 5.69 Å². The van der Waals surface area contributed by atoms with E-state index < -0.39 is 0 Å². The third-order valence-corrected chi connectivity index (χ3v) is 6.33. The van der Waals surface area contributed by atoms with E-state index in [1.54, 1.807) is 0 Å². The maximum absolute atomic E-state index is 5.47. The first-order valence-electron chi connectivity index (χ1n) is 11.3. The number of aromatic nitrogens is 4. The van der Waals surface area contributed by atoms with E-state index in [0.29, 0.717) is 6.04 Å². The van der Waals surface area contributed by atoms with Crippen LogP contribution in [0.2, 0.25) is 0 Å². The lowest BCUT2D eigenvalue weighted by Gasteiger charge is -2.28. The Bertz CT molecular complexity index is 1020. The molecule has 0 amide bonds. The molecule has 0 aromatic carbocycles. The lowest BCUT2D eigenvalue weighted by atomic mass is 10.1. The molecule has 7 heteroatoms. The molecule has 162 valence electrons. The predicted octanol–water partition coefficient (Wildman–Crippen LogP) is 3.71. The third kappa shape index (κ3) is 4.62. The highest BCUT2D eigenvalue weighted by molar-refractivity contribution is 5.70. The van der Waals surface area contributed by atoms with E-state index in [1.807, 2.05) is 24.7 Å². The highest BCUT2D eigenvalue weighted by atomic mass is 16.5. The fourth-order valence-electron chi connectivity index (χ4n) is 4.48. The number of anilines is 1. The fraction of sp³-hybridized carbons (Fsp3) is 0.458. The number of ether oxygens (including phenoxy) is 1. The van der Waals surface area contributed by atoms with Crippen molar-refractivity contribution in [3.05, 3.63) is 48.2 Å². The van der Waals surface area contributed by atoms with Crippen molar-refractivity contribution in [1.29, 1.82) is 0 Å². The summed E-state index contributed by atoms with van der Waals surface area (Å²) in [5.41, 5.74) is 6.33. The number of H-pyrrole nitrogens is 1. The molecule has 2 fully saturated rings. The molecule has 5 rings (SSSR count). The number of aromatic amines is 1. The molecule has 1 aliphatic heterocycles. The molecular formula is C24H30N6O. The number of hydrogen-bond donors (Lipinski definition) is 2. The van der Waals surface area contributed by atoms with Gasteiger partial charge < -0.3 is 19.9 Å². The molecule has 7 nitrogen and oxygen atoms in total. The van der Waals surface area contributed by atoms with Gasteiger partial charge >= 0.3 is 0 Å². The van der Waals surface area contributed by atoms with E-state index in [4.69, 9.17) is 9.72 Å². The van der Waals surface area contributed by atoms with Gasteiger partial charge in [0, 0.05) is 49.3 Å². The van der Waals surface area contributed by atoms with Gasteiger partial charge in [-0.2, -0.15) is 0 Å². The zero-order valence-electron chi connectivity index (χ0n) is 18.1. The second-order valence-electron chi connectivity index (χ2n) is 8.48. The predicted molar refractivity (Wildman–Crippen MR) is 122 cm³/mol. The summed E-state index contributed by atoms with van der Waals surface area (Å²) in [7, 11) is 0. The van der Waals surface area contributed by atoms with E-state index in [1.165, 1.54) is 25.7 Å². The standard InChI is InChI=1S/C24H30N6O/c1-17-23(16-27-20-4-2-3-5-20)29-24(28-17)22-13-18(6-7-26-22)19-12-21(15-25-14-19)30-8-10-31-11-9-30/h6-7,12-15,20,27H,2-5,8-11,16H2,1H3,(H,28,29). The Morgan fingerprint density at radius 1 is 1.13 bits per heavy atom. The van der Waals surface area contributed by atoms with Crippen LogP contribution < -0.4 is 10.2 Å². The maximum Gasteiger partial charge on any atom is 0.156 e. The number of hydrogen-bond acceptors (Lipinski definition) is 6. The van der Waals surface area contributed by atoms with E-state index in [0.717, 1.165) is 72.6 Å². The summed E-state index contributed by atoms with van der Waals surface area (Å²) in [6.45, 7) is 6.21. The SMILES string of the molecule is Cc1[nH]c(-c2cc(-c3cncc(N4CCOCC4)c3)ccn2)nc1CNC1CCCC1. The molecule has 1 saturated heterocycles. The van der Waals surface area contributed by atoms with Crippen molar-refractivity contribution in [2.75, 3.05) is 31.2 Å². The summed E-state index contributed by atoms with van der Waals surface area (Å²) < 4.78 is 5.47. The molecule has 3 aromatic rings. The van der Waals surface area contributed by atoms with Crippen LogP contribution in [0, 0.1) is 6.92 Å². The van der Waals surface area contributed by atoms with Crippen LogP contribution in [0.15, 0.2) is 36.8 Å². The average molecular weight is 419 g/mol. The minimum Gasteiger partial charge on any atom is -0.378 e. The van der Waals surface area contributed by atoms with Crippen molar-refractivity contribution in [3.63, 3.8) is 0 Å².